The van der Waals surface area contributed by atoms with Crippen molar-refractivity contribution in [3.8, 4) is 5.75 Å². The molecule has 0 bridgehead atoms. The fraction of sp³-hybridized carbons (Fsp3) is 0.600. The van der Waals surface area contributed by atoms with E-state index >= 15 is 0 Å². The van der Waals surface area contributed by atoms with Crippen molar-refractivity contribution in [2.24, 2.45) is 0 Å². The lowest BCUT2D eigenvalue weighted by molar-refractivity contribution is 0.403. The molecule has 0 aliphatic carbocycles. The zero-order chi connectivity index (χ0) is 12.5. The number of methoxy groups -OCH3 is 1. The molecule has 1 unspecified atom stereocenters. The van der Waals surface area contributed by atoms with Crippen LogP contribution in [0.1, 0.15) is 38.2 Å². The van der Waals surface area contributed by atoms with Crippen LogP contribution in [0, 0.1) is 0 Å². The third-order valence-corrected chi connectivity index (χ3v) is 3.22. The molecule has 2 heteroatoms. The molecular weight excluding hydrogens is 210 g/mol. The van der Waals surface area contributed by atoms with Crippen LogP contribution in [0.15, 0.2) is 24.3 Å². The minimum Gasteiger partial charge on any atom is -0.496 e. The van der Waals surface area contributed by atoms with Gasteiger partial charge in [0.25, 0.3) is 0 Å². The number of hydrogen-bond donors (Lipinski definition) is 1. The van der Waals surface area contributed by atoms with Crippen molar-refractivity contribution in [1.82, 2.24) is 5.32 Å². The first-order chi connectivity index (χ1) is 8.31. The minimum absolute atomic E-state index is 0.554. The van der Waals surface area contributed by atoms with E-state index in [0.717, 1.165) is 12.2 Å². The number of likely N-dealkylation sites (N-methyl/N-ethyl adjacent to an activating group) is 1. The summed E-state index contributed by atoms with van der Waals surface area (Å²) in [4.78, 5) is 0. The van der Waals surface area contributed by atoms with E-state index < -0.39 is 0 Å². The van der Waals surface area contributed by atoms with E-state index in [1.165, 1.54) is 31.2 Å². The van der Waals surface area contributed by atoms with E-state index in [1.54, 1.807) is 7.11 Å². The quantitative estimate of drug-likeness (QED) is 0.697. The van der Waals surface area contributed by atoms with E-state index in [0.29, 0.717) is 6.04 Å². The molecule has 0 saturated carbocycles. The van der Waals surface area contributed by atoms with Crippen LogP contribution >= 0.6 is 0 Å². The predicted molar refractivity (Wildman–Crippen MR) is 73.7 cm³/mol. The monoisotopic (exact) mass is 235 g/mol. The summed E-state index contributed by atoms with van der Waals surface area (Å²) in [6, 6.07) is 8.85. The van der Waals surface area contributed by atoms with Gasteiger partial charge in [0.1, 0.15) is 5.75 Å². The lowest BCUT2D eigenvalue weighted by atomic mass is 10.00. The van der Waals surface area contributed by atoms with E-state index in [2.05, 4.69) is 24.4 Å². The van der Waals surface area contributed by atoms with Crippen LogP contribution in [0.4, 0.5) is 0 Å². The molecule has 0 amide bonds. The average molecular weight is 235 g/mol. The molecule has 0 heterocycles. The van der Waals surface area contributed by atoms with Crippen LogP contribution in [0.5, 0.6) is 5.75 Å². The van der Waals surface area contributed by atoms with Gasteiger partial charge in [0.15, 0.2) is 0 Å². The summed E-state index contributed by atoms with van der Waals surface area (Å²) in [5, 5.41) is 3.41. The standard InChI is InChI=1S/C15H25NO/c1-4-5-6-10-14(16-2)12-13-9-7-8-11-15(13)17-3/h7-9,11,14,16H,4-6,10,12H2,1-3H3. The first kappa shape index (κ1) is 14.0. The van der Waals surface area contributed by atoms with Gasteiger partial charge >= 0.3 is 0 Å². The summed E-state index contributed by atoms with van der Waals surface area (Å²) in [5.41, 5.74) is 1.30. The molecule has 1 aromatic carbocycles. The van der Waals surface area contributed by atoms with Gasteiger partial charge in [-0.25, -0.2) is 0 Å². The second kappa shape index (κ2) is 8.13. The smallest absolute Gasteiger partial charge is 0.122 e. The van der Waals surface area contributed by atoms with Crippen molar-refractivity contribution in [2.45, 2.75) is 45.1 Å². The lowest BCUT2D eigenvalue weighted by Gasteiger charge is -2.17. The normalized spacial score (nSPS) is 12.4. The first-order valence-corrected chi connectivity index (χ1v) is 6.61. The minimum atomic E-state index is 0.554. The third kappa shape index (κ3) is 4.78. The van der Waals surface area contributed by atoms with Crippen LogP contribution in [-0.2, 0) is 6.42 Å². The highest BCUT2D eigenvalue weighted by atomic mass is 16.5. The largest absolute Gasteiger partial charge is 0.496 e. The molecule has 0 radical (unpaired) electrons. The maximum Gasteiger partial charge on any atom is 0.122 e. The number of ether oxygens (including phenoxy) is 1. The number of hydrogen-bond acceptors (Lipinski definition) is 2. The molecule has 0 fully saturated rings. The average Bonchev–Trinajstić information content (AvgIpc) is 2.38. The Balaban J connectivity index is 2.54. The van der Waals surface area contributed by atoms with Crippen LogP contribution in [-0.4, -0.2) is 20.2 Å². The van der Waals surface area contributed by atoms with Gasteiger partial charge in [-0.1, -0.05) is 44.4 Å². The van der Waals surface area contributed by atoms with Gasteiger partial charge in [-0.3, -0.25) is 0 Å². The highest BCUT2D eigenvalue weighted by molar-refractivity contribution is 5.33. The summed E-state index contributed by atoms with van der Waals surface area (Å²) in [6.07, 6.45) is 6.19. The fourth-order valence-corrected chi connectivity index (χ4v) is 2.13. The van der Waals surface area contributed by atoms with Crippen molar-refractivity contribution < 1.29 is 4.74 Å². The number of unbranched alkanes of at least 4 members (excludes halogenated alkanes) is 2. The Labute approximate surface area is 105 Å². The summed E-state index contributed by atoms with van der Waals surface area (Å²) in [5.74, 6) is 1.00. The predicted octanol–water partition coefficient (Wildman–Crippen LogP) is 3.41. The van der Waals surface area contributed by atoms with Crippen molar-refractivity contribution in [1.29, 1.82) is 0 Å². The van der Waals surface area contributed by atoms with Gasteiger partial charge in [0, 0.05) is 6.04 Å². The molecule has 0 aliphatic rings. The zero-order valence-corrected chi connectivity index (χ0v) is 11.3. The molecule has 0 aliphatic heterocycles. The Kier molecular flexibility index (Phi) is 6.71. The second-order valence-corrected chi connectivity index (χ2v) is 4.50. The molecule has 0 spiro atoms. The Morgan fingerprint density at radius 3 is 2.65 bits per heavy atom. The summed E-state index contributed by atoms with van der Waals surface area (Å²) in [6.45, 7) is 2.24. The molecule has 96 valence electrons. The molecule has 2 nitrogen and oxygen atoms in total. The number of rotatable bonds is 8. The molecular formula is C15H25NO. The number of benzene rings is 1. The highest BCUT2D eigenvalue weighted by Gasteiger charge is 2.10. The number of para-hydroxylation sites is 1. The molecule has 0 saturated heterocycles. The summed E-state index contributed by atoms with van der Waals surface area (Å²) < 4.78 is 5.39. The van der Waals surface area contributed by atoms with Gasteiger partial charge in [0.05, 0.1) is 7.11 Å². The maximum atomic E-state index is 5.39. The van der Waals surface area contributed by atoms with Crippen LogP contribution in [0.3, 0.4) is 0 Å². The zero-order valence-electron chi connectivity index (χ0n) is 11.3. The maximum absolute atomic E-state index is 5.39. The Hall–Kier alpha value is -1.02. The van der Waals surface area contributed by atoms with Crippen molar-refractivity contribution in [3.63, 3.8) is 0 Å². The Bertz CT molecular complexity index is 312. The summed E-state index contributed by atoms with van der Waals surface area (Å²) in [7, 11) is 3.79. The fourth-order valence-electron chi connectivity index (χ4n) is 2.13. The van der Waals surface area contributed by atoms with E-state index in [4.69, 9.17) is 4.74 Å². The van der Waals surface area contributed by atoms with Crippen LogP contribution < -0.4 is 10.1 Å². The van der Waals surface area contributed by atoms with Gasteiger partial charge < -0.3 is 10.1 Å². The second-order valence-electron chi connectivity index (χ2n) is 4.50. The van der Waals surface area contributed by atoms with Gasteiger partial charge in [-0.2, -0.15) is 0 Å². The van der Waals surface area contributed by atoms with Crippen molar-refractivity contribution in [3.05, 3.63) is 29.8 Å². The van der Waals surface area contributed by atoms with Crippen LogP contribution in [0.2, 0.25) is 0 Å². The topological polar surface area (TPSA) is 21.3 Å². The number of nitrogens with one attached hydrogen (secondary N) is 1. The van der Waals surface area contributed by atoms with Gasteiger partial charge in [-0.05, 0) is 31.5 Å². The molecule has 1 atom stereocenters. The van der Waals surface area contributed by atoms with Crippen molar-refractivity contribution >= 4 is 0 Å². The van der Waals surface area contributed by atoms with E-state index in [-0.39, 0.29) is 0 Å². The highest BCUT2D eigenvalue weighted by Crippen LogP contribution is 2.20. The first-order valence-electron chi connectivity index (χ1n) is 6.61. The van der Waals surface area contributed by atoms with Gasteiger partial charge in [0.2, 0.25) is 0 Å². The lowest BCUT2D eigenvalue weighted by Crippen LogP contribution is -2.27. The summed E-state index contributed by atoms with van der Waals surface area (Å²) >= 11 is 0. The van der Waals surface area contributed by atoms with Crippen LogP contribution in [0.25, 0.3) is 0 Å². The van der Waals surface area contributed by atoms with Crippen molar-refractivity contribution in [2.75, 3.05) is 14.2 Å². The molecule has 17 heavy (non-hydrogen) atoms. The Morgan fingerprint density at radius 2 is 2.00 bits per heavy atom. The Morgan fingerprint density at radius 1 is 1.24 bits per heavy atom. The third-order valence-electron chi connectivity index (χ3n) is 3.22. The van der Waals surface area contributed by atoms with Gasteiger partial charge in [-0.15, -0.1) is 0 Å². The molecule has 1 aromatic rings. The molecule has 1 N–H and O–H groups in total. The molecule has 1 rings (SSSR count). The molecule has 0 aromatic heterocycles. The van der Waals surface area contributed by atoms with E-state index in [9.17, 15) is 0 Å². The van der Waals surface area contributed by atoms with E-state index in [1.807, 2.05) is 19.2 Å². The SMILES string of the molecule is CCCCCC(Cc1ccccc1OC)NC.